The maximum Gasteiger partial charge on any atom is 0.125 e. The van der Waals surface area contributed by atoms with Crippen molar-refractivity contribution in [2.24, 2.45) is 5.73 Å². The average molecular weight is 293 g/mol. The van der Waals surface area contributed by atoms with Crippen LogP contribution in [0.5, 0.6) is 0 Å². The molecular formula is C12H13BrN4. The van der Waals surface area contributed by atoms with Crippen LogP contribution < -0.4 is 5.73 Å². The van der Waals surface area contributed by atoms with Crippen LogP contribution in [0.3, 0.4) is 0 Å². The van der Waals surface area contributed by atoms with Crippen molar-refractivity contribution in [2.75, 3.05) is 0 Å². The highest BCUT2D eigenvalue weighted by Gasteiger charge is 2.11. The SMILES string of the molecule is Cc1cc(C)n(-c2ccc(Br)cc2C(=N)N)n1. The van der Waals surface area contributed by atoms with Crippen LogP contribution >= 0.6 is 15.9 Å². The van der Waals surface area contributed by atoms with E-state index in [1.807, 2.05) is 38.1 Å². The molecule has 2 aromatic rings. The number of benzene rings is 1. The molecule has 0 bridgehead atoms. The molecule has 0 aliphatic rings. The Kier molecular flexibility index (Phi) is 3.02. The summed E-state index contributed by atoms with van der Waals surface area (Å²) in [6.45, 7) is 3.92. The Hall–Kier alpha value is -1.62. The number of hydrogen-bond donors (Lipinski definition) is 2. The van der Waals surface area contributed by atoms with Crippen LogP contribution in [0.25, 0.3) is 5.69 Å². The van der Waals surface area contributed by atoms with Gasteiger partial charge in [-0.3, -0.25) is 5.41 Å². The number of rotatable bonds is 2. The fraction of sp³-hybridized carbons (Fsp3) is 0.167. The quantitative estimate of drug-likeness (QED) is 0.660. The summed E-state index contributed by atoms with van der Waals surface area (Å²) >= 11 is 3.38. The molecule has 0 spiro atoms. The van der Waals surface area contributed by atoms with Crippen molar-refractivity contribution in [3.8, 4) is 5.69 Å². The predicted octanol–water partition coefficient (Wildman–Crippen LogP) is 2.54. The number of hydrogen-bond acceptors (Lipinski definition) is 2. The highest BCUT2D eigenvalue weighted by molar-refractivity contribution is 9.10. The van der Waals surface area contributed by atoms with Crippen molar-refractivity contribution in [3.05, 3.63) is 45.7 Å². The molecular weight excluding hydrogens is 280 g/mol. The van der Waals surface area contributed by atoms with Gasteiger partial charge in [-0.05, 0) is 38.1 Å². The molecule has 0 aliphatic carbocycles. The summed E-state index contributed by atoms with van der Waals surface area (Å²) in [5.41, 5.74) is 9.06. The van der Waals surface area contributed by atoms with Crippen LogP contribution in [0.4, 0.5) is 0 Å². The van der Waals surface area contributed by atoms with E-state index in [4.69, 9.17) is 11.1 Å². The number of aromatic nitrogens is 2. The molecule has 1 aromatic heterocycles. The predicted molar refractivity (Wildman–Crippen MR) is 71.8 cm³/mol. The first-order valence-corrected chi connectivity index (χ1v) is 5.96. The third-order valence-corrected chi connectivity index (χ3v) is 2.98. The van der Waals surface area contributed by atoms with Gasteiger partial charge in [-0.25, -0.2) is 4.68 Å². The van der Waals surface area contributed by atoms with E-state index in [1.165, 1.54) is 0 Å². The molecule has 0 unspecified atom stereocenters. The second-order valence-electron chi connectivity index (χ2n) is 3.91. The van der Waals surface area contributed by atoms with Crippen molar-refractivity contribution < 1.29 is 0 Å². The van der Waals surface area contributed by atoms with E-state index < -0.39 is 0 Å². The fourth-order valence-electron chi connectivity index (χ4n) is 1.78. The second-order valence-corrected chi connectivity index (χ2v) is 4.83. The van der Waals surface area contributed by atoms with Gasteiger partial charge in [-0.15, -0.1) is 0 Å². The van der Waals surface area contributed by atoms with E-state index >= 15 is 0 Å². The van der Waals surface area contributed by atoms with E-state index in [1.54, 1.807) is 4.68 Å². The van der Waals surface area contributed by atoms with Crippen LogP contribution in [-0.2, 0) is 0 Å². The maximum absolute atomic E-state index is 7.62. The Labute approximate surface area is 108 Å². The largest absolute Gasteiger partial charge is 0.384 e. The van der Waals surface area contributed by atoms with Crippen LogP contribution in [0.15, 0.2) is 28.7 Å². The summed E-state index contributed by atoms with van der Waals surface area (Å²) in [5.74, 6) is 0.0360. The Morgan fingerprint density at radius 1 is 1.35 bits per heavy atom. The molecule has 0 fully saturated rings. The summed E-state index contributed by atoms with van der Waals surface area (Å²) in [6.07, 6.45) is 0. The molecule has 0 radical (unpaired) electrons. The Morgan fingerprint density at radius 3 is 2.59 bits per heavy atom. The Morgan fingerprint density at radius 2 is 2.06 bits per heavy atom. The van der Waals surface area contributed by atoms with E-state index in [0.29, 0.717) is 5.56 Å². The molecule has 0 saturated carbocycles. The fourth-order valence-corrected chi connectivity index (χ4v) is 2.14. The van der Waals surface area contributed by atoms with Gasteiger partial charge in [0.25, 0.3) is 0 Å². The molecule has 88 valence electrons. The third-order valence-electron chi connectivity index (χ3n) is 2.49. The van der Waals surface area contributed by atoms with Gasteiger partial charge in [-0.2, -0.15) is 5.10 Å². The van der Waals surface area contributed by atoms with Crippen molar-refractivity contribution in [1.82, 2.24) is 9.78 Å². The van der Waals surface area contributed by atoms with Gasteiger partial charge >= 0.3 is 0 Å². The molecule has 2 rings (SSSR count). The lowest BCUT2D eigenvalue weighted by Crippen LogP contribution is -2.15. The van der Waals surface area contributed by atoms with Gasteiger partial charge in [0.15, 0.2) is 0 Å². The first kappa shape index (κ1) is 11.9. The minimum Gasteiger partial charge on any atom is -0.384 e. The molecule has 5 heteroatoms. The monoisotopic (exact) mass is 292 g/mol. The molecule has 17 heavy (non-hydrogen) atoms. The minimum absolute atomic E-state index is 0.0360. The molecule has 3 N–H and O–H groups in total. The zero-order valence-electron chi connectivity index (χ0n) is 9.66. The number of nitrogen functional groups attached to an aromatic ring is 1. The third kappa shape index (κ3) is 2.24. The average Bonchev–Trinajstić information content (AvgIpc) is 2.57. The number of halogens is 1. The summed E-state index contributed by atoms with van der Waals surface area (Å²) in [6, 6.07) is 7.64. The molecule has 4 nitrogen and oxygen atoms in total. The van der Waals surface area contributed by atoms with Crippen molar-refractivity contribution in [1.29, 1.82) is 5.41 Å². The zero-order chi connectivity index (χ0) is 12.6. The highest BCUT2D eigenvalue weighted by atomic mass is 79.9. The minimum atomic E-state index is 0.0360. The molecule has 0 atom stereocenters. The lowest BCUT2D eigenvalue weighted by molar-refractivity contribution is 0.831. The zero-order valence-corrected chi connectivity index (χ0v) is 11.2. The summed E-state index contributed by atoms with van der Waals surface area (Å²) in [4.78, 5) is 0. The number of amidine groups is 1. The van der Waals surface area contributed by atoms with E-state index in [9.17, 15) is 0 Å². The molecule has 0 amide bonds. The molecule has 1 heterocycles. The number of nitrogens with two attached hydrogens (primary N) is 1. The van der Waals surface area contributed by atoms with Gasteiger partial charge < -0.3 is 5.73 Å². The lowest BCUT2D eigenvalue weighted by atomic mass is 10.1. The van der Waals surface area contributed by atoms with E-state index in [2.05, 4.69) is 21.0 Å². The molecule has 0 aliphatic heterocycles. The second kappa shape index (κ2) is 4.33. The first-order valence-electron chi connectivity index (χ1n) is 5.16. The lowest BCUT2D eigenvalue weighted by Gasteiger charge is -2.10. The van der Waals surface area contributed by atoms with Gasteiger partial charge in [-0.1, -0.05) is 15.9 Å². The number of nitrogens with one attached hydrogen (secondary N) is 1. The Balaban J connectivity index is 2.67. The maximum atomic E-state index is 7.62. The standard InChI is InChI=1S/C12H13BrN4/c1-7-5-8(2)17(16-7)11-4-3-9(13)6-10(11)12(14)15/h3-6H,1-2H3,(H3,14,15). The Bertz CT molecular complexity index is 586. The van der Waals surface area contributed by atoms with Gasteiger partial charge in [0.05, 0.1) is 11.4 Å². The van der Waals surface area contributed by atoms with Gasteiger partial charge in [0, 0.05) is 15.7 Å². The van der Waals surface area contributed by atoms with Crippen LogP contribution in [0.1, 0.15) is 17.0 Å². The molecule has 1 aromatic carbocycles. The van der Waals surface area contributed by atoms with Crippen LogP contribution in [0, 0.1) is 19.3 Å². The smallest absolute Gasteiger partial charge is 0.125 e. The van der Waals surface area contributed by atoms with Crippen LogP contribution in [0.2, 0.25) is 0 Å². The van der Waals surface area contributed by atoms with E-state index in [0.717, 1.165) is 21.5 Å². The highest BCUT2D eigenvalue weighted by Crippen LogP contribution is 2.21. The van der Waals surface area contributed by atoms with Crippen molar-refractivity contribution in [2.45, 2.75) is 13.8 Å². The number of nitrogens with zero attached hydrogens (tertiary/aromatic N) is 2. The summed E-state index contributed by atoms with van der Waals surface area (Å²) in [5, 5.41) is 12.0. The van der Waals surface area contributed by atoms with Crippen molar-refractivity contribution >= 4 is 21.8 Å². The van der Waals surface area contributed by atoms with Gasteiger partial charge in [0.2, 0.25) is 0 Å². The summed E-state index contributed by atoms with van der Waals surface area (Å²) < 4.78 is 2.70. The van der Waals surface area contributed by atoms with Crippen molar-refractivity contribution in [3.63, 3.8) is 0 Å². The molecule has 0 saturated heterocycles. The first-order chi connectivity index (χ1) is 7.99. The van der Waals surface area contributed by atoms with E-state index in [-0.39, 0.29) is 5.84 Å². The topological polar surface area (TPSA) is 67.7 Å². The van der Waals surface area contributed by atoms with Crippen LogP contribution in [-0.4, -0.2) is 15.6 Å². The van der Waals surface area contributed by atoms with Gasteiger partial charge in [0.1, 0.15) is 5.84 Å². The number of aryl methyl sites for hydroxylation is 2. The summed E-state index contributed by atoms with van der Waals surface area (Å²) in [7, 11) is 0. The normalized spacial score (nSPS) is 10.5.